The van der Waals surface area contributed by atoms with Crippen LogP contribution in [0.3, 0.4) is 0 Å². The van der Waals surface area contributed by atoms with E-state index in [0.29, 0.717) is 19.4 Å². The molecule has 16 heavy (non-hydrogen) atoms. The van der Waals surface area contributed by atoms with Crippen molar-refractivity contribution in [3.8, 4) is 0 Å². The molecule has 0 spiro atoms. The lowest BCUT2D eigenvalue weighted by Crippen LogP contribution is -2.41. The topological polar surface area (TPSA) is 49.8 Å². The quantitative estimate of drug-likeness (QED) is 0.690. The third-order valence-corrected chi connectivity index (χ3v) is 2.42. The highest BCUT2D eigenvalue weighted by molar-refractivity contribution is 5.70. The van der Waals surface area contributed by atoms with E-state index in [2.05, 4.69) is 0 Å². The highest BCUT2D eigenvalue weighted by Crippen LogP contribution is 2.23. The van der Waals surface area contributed by atoms with E-state index < -0.39 is 5.60 Å². The molecule has 0 bridgehead atoms. The van der Waals surface area contributed by atoms with Gasteiger partial charge in [0.15, 0.2) is 0 Å². The molecule has 1 unspecified atom stereocenters. The highest BCUT2D eigenvalue weighted by Gasteiger charge is 2.29. The van der Waals surface area contributed by atoms with Crippen LogP contribution in [0.5, 0.6) is 0 Å². The summed E-state index contributed by atoms with van der Waals surface area (Å²) in [5, 5.41) is 9.52. The van der Waals surface area contributed by atoms with Crippen molar-refractivity contribution in [1.82, 2.24) is 4.90 Å². The van der Waals surface area contributed by atoms with Gasteiger partial charge in [-0.1, -0.05) is 6.08 Å². The van der Waals surface area contributed by atoms with E-state index in [0.717, 1.165) is 5.70 Å². The fraction of sp³-hybridized carbons (Fsp3) is 0.750. The van der Waals surface area contributed by atoms with Crippen LogP contribution in [0.2, 0.25) is 0 Å². The van der Waals surface area contributed by atoms with Crippen LogP contribution in [0.1, 0.15) is 40.5 Å². The highest BCUT2D eigenvalue weighted by atomic mass is 16.6. The molecule has 0 aromatic rings. The number of hydrogen-bond acceptors (Lipinski definition) is 3. The number of likely N-dealkylation sites (tertiary alicyclic amines) is 1. The van der Waals surface area contributed by atoms with Gasteiger partial charge in [-0.05, 0) is 34.1 Å². The molecule has 92 valence electrons. The largest absolute Gasteiger partial charge is 0.443 e. The summed E-state index contributed by atoms with van der Waals surface area (Å²) in [6, 6.07) is 0. The third-order valence-electron chi connectivity index (χ3n) is 2.42. The minimum absolute atomic E-state index is 0.326. The number of allylic oxidation sites excluding steroid dienone is 1. The lowest BCUT2D eigenvalue weighted by atomic mass is 10.0. The molecule has 0 radical (unpaired) electrons. The third kappa shape index (κ3) is 3.52. The molecule has 4 heteroatoms. The fourth-order valence-corrected chi connectivity index (χ4v) is 1.67. The summed E-state index contributed by atoms with van der Waals surface area (Å²) < 4.78 is 5.31. The molecule has 1 saturated heterocycles. The van der Waals surface area contributed by atoms with Crippen molar-refractivity contribution in [2.24, 2.45) is 0 Å². The van der Waals surface area contributed by atoms with Gasteiger partial charge in [-0.25, -0.2) is 4.79 Å². The van der Waals surface area contributed by atoms with Gasteiger partial charge < -0.3 is 9.84 Å². The van der Waals surface area contributed by atoms with E-state index in [1.54, 1.807) is 4.90 Å². The van der Waals surface area contributed by atoms with Crippen LogP contribution in [0.15, 0.2) is 11.8 Å². The number of hydrogen-bond donors (Lipinski definition) is 1. The minimum Gasteiger partial charge on any atom is -0.443 e. The van der Waals surface area contributed by atoms with E-state index in [-0.39, 0.29) is 12.2 Å². The van der Waals surface area contributed by atoms with Crippen LogP contribution in [0, 0.1) is 0 Å². The van der Waals surface area contributed by atoms with Gasteiger partial charge in [0.1, 0.15) is 5.60 Å². The molecule has 0 saturated carbocycles. The first-order valence-electron chi connectivity index (χ1n) is 5.67. The SMILES string of the molecule is C/C=C1/CC(O)CCN1C(=O)OC(C)(C)C. The Morgan fingerprint density at radius 2 is 2.19 bits per heavy atom. The molecule has 0 aromatic carbocycles. The average molecular weight is 227 g/mol. The average Bonchev–Trinajstić information content (AvgIpc) is 2.14. The van der Waals surface area contributed by atoms with E-state index in [4.69, 9.17) is 4.74 Å². The minimum atomic E-state index is -0.480. The summed E-state index contributed by atoms with van der Waals surface area (Å²) in [5.41, 5.74) is 0.361. The summed E-state index contributed by atoms with van der Waals surface area (Å²) in [4.78, 5) is 13.5. The predicted octanol–water partition coefficient (Wildman–Crippen LogP) is 2.28. The Hall–Kier alpha value is -1.03. The fourth-order valence-electron chi connectivity index (χ4n) is 1.67. The Kier molecular flexibility index (Phi) is 3.97. The molecular formula is C12H21NO3. The molecule has 1 aliphatic heterocycles. The molecule has 0 aliphatic carbocycles. The van der Waals surface area contributed by atoms with E-state index >= 15 is 0 Å². The van der Waals surface area contributed by atoms with Crippen molar-refractivity contribution >= 4 is 6.09 Å². The van der Waals surface area contributed by atoms with Crippen LogP contribution in [0.25, 0.3) is 0 Å². The normalized spacial score (nSPS) is 24.7. The van der Waals surface area contributed by atoms with Gasteiger partial charge in [0.25, 0.3) is 0 Å². The summed E-state index contributed by atoms with van der Waals surface area (Å²) >= 11 is 0. The first-order valence-corrected chi connectivity index (χ1v) is 5.67. The summed E-state index contributed by atoms with van der Waals surface area (Å²) in [5.74, 6) is 0. The molecule has 1 atom stereocenters. The van der Waals surface area contributed by atoms with Crippen molar-refractivity contribution in [2.75, 3.05) is 6.54 Å². The van der Waals surface area contributed by atoms with Gasteiger partial charge in [-0.15, -0.1) is 0 Å². The van der Waals surface area contributed by atoms with Crippen LogP contribution in [0.4, 0.5) is 4.79 Å². The van der Waals surface area contributed by atoms with Gasteiger partial charge in [-0.2, -0.15) is 0 Å². The van der Waals surface area contributed by atoms with E-state index in [1.165, 1.54) is 0 Å². The Morgan fingerprint density at radius 1 is 1.56 bits per heavy atom. The summed E-state index contributed by atoms with van der Waals surface area (Å²) in [7, 11) is 0. The number of amides is 1. The van der Waals surface area contributed by atoms with E-state index in [9.17, 15) is 9.90 Å². The molecule has 1 fully saturated rings. The Balaban J connectivity index is 2.68. The Labute approximate surface area is 96.9 Å². The van der Waals surface area contributed by atoms with Crippen molar-refractivity contribution in [1.29, 1.82) is 0 Å². The van der Waals surface area contributed by atoms with Crippen molar-refractivity contribution < 1.29 is 14.6 Å². The van der Waals surface area contributed by atoms with Crippen molar-refractivity contribution in [2.45, 2.75) is 52.2 Å². The van der Waals surface area contributed by atoms with Gasteiger partial charge >= 0.3 is 6.09 Å². The van der Waals surface area contributed by atoms with Crippen LogP contribution >= 0.6 is 0 Å². The maximum atomic E-state index is 11.9. The van der Waals surface area contributed by atoms with Gasteiger partial charge in [0.2, 0.25) is 0 Å². The zero-order chi connectivity index (χ0) is 12.3. The zero-order valence-corrected chi connectivity index (χ0v) is 10.5. The molecule has 1 heterocycles. The molecule has 0 aromatic heterocycles. The maximum Gasteiger partial charge on any atom is 0.414 e. The molecule has 1 rings (SSSR count). The standard InChI is InChI=1S/C12H21NO3/c1-5-9-8-10(14)6-7-13(9)11(15)16-12(2,3)4/h5,10,14H,6-8H2,1-4H3/b9-5-. The van der Waals surface area contributed by atoms with Crippen LogP contribution in [-0.4, -0.2) is 34.3 Å². The van der Waals surface area contributed by atoms with Crippen molar-refractivity contribution in [3.05, 3.63) is 11.8 Å². The second-order valence-electron chi connectivity index (χ2n) is 5.06. The number of carbonyl (C=O) groups is 1. The number of nitrogens with zero attached hydrogens (tertiary/aromatic N) is 1. The van der Waals surface area contributed by atoms with Crippen LogP contribution in [-0.2, 0) is 4.74 Å². The number of ether oxygens (including phenoxy) is 1. The monoisotopic (exact) mass is 227 g/mol. The number of rotatable bonds is 0. The molecule has 1 N–H and O–H groups in total. The van der Waals surface area contributed by atoms with Crippen LogP contribution < -0.4 is 0 Å². The molecule has 4 nitrogen and oxygen atoms in total. The summed E-state index contributed by atoms with van der Waals surface area (Å²) in [6.45, 7) is 7.93. The summed E-state index contributed by atoms with van der Waals surface area (Å²) in [6.07, 6.45) is 2.32. The van der Waals surface area contributed by atoms with Gasteiger partial charge in [-0.3, -0.25) is 4.90 Å². The number of aliphatic hydroxyl groups excluding tert-OH is 1. The Morgan fingerprint density at radius 3 is 2.69 bits per heavy atom. The lowest BCUT2D eigenvalue weighted by molar-refractivity contribution is 0.0209. The first kappa shape index (κ1) is 13.0. The smallest absolute Gasteiger partial charge is 0.414 e. The molecule has 1 aliphatic rings. The van der Waals surface area contributed by atoms with E-state index in [1.807, 2.05) is 33.8 Å². The zero-order valence-electron chi connectivity index (χ0n) is 10.5. The van der Waals surface area contributed by atoms with Gasteiger partial charge in [0.05, 0.1) is 6.10 Å². The second kappa shape index (κ2) is 4.87. The second-order valence-corrected chi connectivity index (χ2v) is 5.06. The number of carbonyl (C=O) groups excluding carboxylic acids is 1. The first-order chi connectivity index (χ1) is 7.33. The molecular weight excluding hydrogens is 206 g/mol. The number of piperidine rings is 1. The molecule has 1 amide bonds. The van der Waals surface area contributed by atoms with Gasteiger partial charge in [0, 0.05) is 18.7 Å². The van der Waals surface area contributed by atoms with Crippen molar-refractivity contribution in [3.63, 3.8) is 0 Å². The maximum absolute atomic E-state index is 11.9. The lowest BCUT2D eigenvalue weighted by Gasteiger charge is -2.33. The number of aliphatic hydroxyl groups is 1. The predicted molar refractivity (Wildman–Crippen MR) is 61.9 cm³/mol. The Bertz CT molecular complexity index is 291.